The first-order chi connectivity index (χ1) is 9.71. The molecule has 0 bridgehead atoms. The van der Waals surface area contributed by atoms with Gasteiger partial charge in [-0.15, -0.1) is 0 Å². The lowest BCUT2D eigenvalue weighted by Gasteiger charge is -2.08. The molecule has 102 valence electrons. The van der Waals surface area contributed by atoms with Gasteiger partial charge in [-0.2, -0.15) is 5.26 Å². The number of ether oxygens (including phenoxy) is 1. The van der Waals surface area contributed by atoms with Crippen LogP contribution in [-0.4, -0.2) is 11.7 Å². The Hall–Kier alpha value is -2.47. The van der Waals surface area contributed by atoms with Gasteiger partial charge in [0.2, 0.25) is 0 Å². The van der Waals surface area contributed by atoms with E-state index in [1.54, 1.807) is 24.3 Å². The van der Waals surface area contributed by atoms with Crippen LogP contribution in [0.1, 0.15) is 23.6 Å². The predicted octanol–water partition coefficient (Wildman–Crippen LogP) is 3.45. The van der Waals surface area contributed by atoms with E-state index in [1.807, 2.05) is 25.1 Å². The van der Waals surface area contributed by atoms with E-state index in [9.17, 15) is 5.11 Å². The number of nitriles is 1. The third-order valence-corrected chi connectivity index (χ3v) is 3.10. The number of nitrogens with zero attached hydrogens (tertiary/aromatic N) is 1. The first kappa shape index (κ1) is 14.0. The average molecular weight is 267 g/mol. The standard InChI is InChI=1S/C17H17NO2/c1-2-13-9-16(19)11-17(10-13)20-8-7-14-3-5-15(12-18)6-4-14/h3-6,9-11,19H,2,7-8H2,1H3. The number of aryl methyl sites for hydroxylation is 1. The summed E-state index contributed by atoms with van der Waals surface area (Å²) in [4.78, 5) is 0. The lowest BCUT2D eigenvalue weighted by molar-refractivity contribution is 0.319. The van der Waals surface area contributed by atoms with Gasteiger partial charge in [0.1, 0.15) is 11.5 Å². The Bertz CT molecular complexity index is 612. The largest absolute Gasteiger partial charge is 0.508 e. The normalized spacial score (nSPS) is 10.0. The van der Waals surface area contributed by atoms with Gasteiger partial charge in [0.05, 0.1) is 18.2 Å². The van der Waals surface area contributed by atoms with Crippen LogP contribution in [0.3, 0.4) is 0 Å². The number of rotatable bonds is 5. The van der Waals surface area contributed by atoms with Crippen molar-refractivity contribution in [2.75, 3.05) is 6.61 Å². The first-order valence-corrected chi connectivity index (χ1v) is 6.66. The molecule has 0 aliphatic heterocycles. The van der Waals surface area contributed by atoms with Crippen LogP contribution in [0.2, 0.25) is 0 Å². The summed E-state index contributed by atoms with van der Waals surface area (Å²) in [5.41, 5.74) is 2.84. The molecule has 2 aromatic carbocycles. The Morgan fingerprint density at radius 1 is 1.10 bits per heavy atom. The smallest absolute Gasteiger partial charge is 0.123 e. The number of phenolic OH excluding ortho intramolecular Hbond substituents is 1. The lowest BCUT2D eigenvalue weighted by atomic mass is 10.1. The highest BCUT2D eigenvalue weighted by atomic mass is 16.5. The van der Waals surface area contributed by atoms with Crippen LogP contribution in [0, 0.1) is 11.3 Å². The molecular weight excluding hydrogens is 250 g/mol. The van der Waals surface area contributed by atoms with Crippen molar-refractivity contribution < 1.29 is 9.84 Å². The zero-order chi connectivity index (χ0) is 14.4. The summed E-state index contributed by atoms with van der Waals surface area (Å²) in [6.45, 7) is 2.58. The van der Waals surface area contributed by atoms with Crippen LogP contribution < -0.4 is 4.74 Å². The van der Waals surface area contributed by atoms with Crippen molar-refractivity contribution in [3.05, 3.63) is 59.2 Å². The van der Waals surface area contributed by atoms with Crippen molar-refractivity contribution in [3.63, 3.8) is 0 Å². The molecule has 1 N–H and O–H groups in total. The molecule has 2 aromatic rings. The van der Waals surface area contributed by atoms with E-state index in [1.165, 1.54) is 0 Å². The second-order valence-corrected chi connectivity index (χ2v) is 4.60. The fourth-order valence-electron chi connectivity index (χ4n) is 1.96. The van der Waals surface area contributed by atoms with Gasteiger partial charge in [-0.3, -0.25) is 0 Å². The summed E-state index contributed by atoms with van der Waals surface area (Å²) in [5.74, 6) is 0.924. The van der Waals surface area contributed by atoms with E-state index in [0.29, 0.717) is 17.9 Å². The molecule has 20 heavy (non-hydrogen) atoms. The summed E-state index contributed by atoms with van der Waals surface area (Å²) < 4.78 is 5.66. The van der Waals surface area contributed by atoms with E-state index in [0.717, 1.165) is 24.0 Å². The molecule has 0 amide bonds. The maximum Gasteiger partial charge on any atom is 0.123 e. The Morgan fingerprint density at radius 2 is 1.85 bits per heavy atom. The van der Waals surface area contributed by atoms with Crippen molar-refractivity contribution in [3.8, 4) is 17.6 Å². The van der Waals surface area contributed by atoms with Crippen molar-refractivity contribution >= 4 is 0 Å². The number of phenols is 1. The second-order valence-electron chi connectivity index (χ2n) is 4.60. The molecule has 0 atom stereocenters. The molecule has 0 aromatic heterocycles. The maximum atomic E-state index is 9.59. The number of benzene rings is 2. The van der Waals surface area contributed by atoms with E-state index >= 15 is 0 Å². The molecule has 0 heterocycles. The van der Waals surface area contributed by atoms with Crippen LogP contribution >= 0.6 is 0 Å². The van der Waals surface area contributed by atoms with Gasteiger partial charge in [-0.05, 0) is 41.8 Å². The fraction of sp³-hybridized carbons (Fsp3) is 0.235. The highest BCUT2D eigenvalue weighted by molar-refractivity contribution is 5.37. The summed E-state index contributed by atoms with van der Waals surface area (Å²) in [6.07, 6.45) is 1.63. The van der Waals surface area contributed by atoms with Crippen LogP contribution in [-0.2, 0) is 12.8 Å². The fourth-order valence-corrected chi connectivity index (χ4v) is 1.96. The Balaban J connectivity index is 1.92. The Kier molecular flexibility index (Phi) is 4.62. The average Bonchev–Trinajstić information content (AvgIpc) is 2.47. The van der Waals surface area contributed by atoms with Gasteiger partial charge in [-0.1, -0.05) is 19.1 Å². The minimum atomic E-state index is 0.234. The van der Waals surface area contributed by atoms with E-state index < -0.39 is 0 Å². The molecular formula is C17H17NO2. The third-order valence-electron chi connectivity index (χ3n) is 3.10. The van der Waals surface area contributed by atoms with Crippen molar-refractivity contribution in [1.29, 1.82) is 5.26 Å². The number of hydrogen-bond donors (Lipinski definition) is 1. The van der Waals surface area contributed by atoms with Gasteiger partial charge >= 0.3 is 0 Å². The molecule has 3 heteroatoms. The van der Waals surface area contributed by atoms with Gasteiger partial charge in [0.15, 0.2) is 0 Å². The Morgan fingerprint density at radius 3 is 2.50 bits per heavy atom. The minimum absolute atomic E-state index is 0.234. The summed E-state index contributed by atoms with van der Waals surface area (Å²) in [7, 11) is 0. The van der Waals surface area contributed by atoms with E-state index in [-0.39, 0.29) is 5.75 Å². The molecule has 0 aliphatic rings. The first-order valence-electron chi connectivity index (χ1n) is 6.66. The second kappa shape index (κ2) is 6.63. The zero-order valence-electron chi connectivity index (χ0n) is 11.5. The lowest BCUT2D eigenvalue weighted by Crippen LogP contribution is -2.01. The van der Waals surface area contributed by atoms with Crippen LogP contribution in [0.5, 0.6) is 11.5 Å². The molecule has 0 aliphatic carbocycles. The van der Waals surface area contributed by atoms with Crippen LogP contribution in [0.15, 0.2) is 42.5 Å². The van der Waals surface area contributed by atoms with Crippen molar-refractivity contribution in [1.82, 2.24) is 0 Å². The van der Waals surface area contributed by atoms with Gasteiger partial charge in [-0.25, -0.2) is 0 Å². The summed E-state index contributed by atoms with van der Waals surface area (Å²) in [5, 5.41) is 18.3. The van der Waals surface area contributed by atoms with Crippen LogP contribution in [0.25, 0.3) is 0 Å². The quantitative estimate of drug-likeness (QED) is 0.902. The van der Waals surface area contributed by atoms with Crippen LogP contribution in [0.4, 0.5) is 0 Å². The molecule has 0 radical (unpaired) electrons. The minimum Gasteiger partial charge on any atom is -0.508 e. The molecule has 2 rings (SSSR count). The molecule has 0 spiro atoms. The van der Waals surface area contributed by atoms with Crippen molar-refractivity contribution in [2.24, 2.45) is 0 Å². The topological polar surface area (TPSA) is 53.2 Å². The molecule has 0 saturated heterocycles. The molecule has 0 saturated carbocycles. The summed E-state index contributed by atoms with van der Waals surface area (Å²) >= 11 is 0. The molecule has 3 nitrogen and oxygen atoms in total. The Labute approximate surface area is 119 Å². The molecule has 0 unspecified atom stereocenters. The highest BCUT2D eigenvalue weighted by Gasteiger charge is 2.01. The van der Waals surface area contributed by atoms with Gasteiger partial charge in [0.25, 0.3) is 0 Å². The number of hydrogen-bond acceptors (Lipinski definition) is 3. The number of aromatic hydroxyl groups is 1. The van der Waals surface area contributed by atoms with Gasteiger partial charge in [0, 0.05) is 12.5 Å². The highest BCUT2D eigenvalue weighted by Crippen LogP contribution is 2.22. The predicted molar refractivity (Wildman–Crippen MR) is 77.8 cm³/mol. The maximum absolute atomic E-state index is 9.59. The monoisotopic (exact) mass is 267 g/mol. The molecule has 0 fully saturated rings. The van der Waals surface area contributed by atoms with Crippen molar-refractivity contribution in [2.45, 2.75) is 19.8 Å². The van der Waals surface area contributed by atoms with E-state index in [4.69, 9.17) is 10.00 Å². The van der Waals surface area contributed by atoms with Gasteiger partial charge < -0.3 is 9.84 Å². The van der Waals surface area contributed by atoms with E-state index in [2.05, 4.69) is 6.07 Å². The third kappa shape index (κ3) is 3.76. The zero-order valence-corrected chi connectivity index (χ0v) is 11.5. The summed E-state index contributed by atoms with van der Waals surface area (Å²) in [6, 6.07) is 14.9. The SMILES string of the molecule is CCc1cc(O)cc(OCCc2ccc(C#N)cc2)c1.